The number of para-hydroxylation sites is 2. The Hall–Kier alpha value is -6.72. The smallest absolute Gasteiger partial charge is 0.248 e. The van der Waals surface area contributed by atoms with E-state index in [1.54, 1.807) is 0 Å². The molecule has 0 aliphatic carbocycles. The normalized spacial score (nSPS) is 11.3. The molecule has 5 heteroatoms. The molecule has 5 nitrogen and oxygen atoms in total. The van der Waals surface area contributed by atoms with Gasteiger partial charge in [-0.3, -0.25) is 0 Å². The molecule has 0 spiro atoms. The van der Waals surface area contributed by atoms with Crippen molar-refractivity contribution in [2.45, 2.75) is 0 Å². The maximum atomic E-state index is 6.05. The van der Waals surface area contributed by atoms with Crippen molar-refractivity contribution in [1.29, 1.82) is 0 Å². The molecule has 7 aromatic carbocycles. The molecule has 2 heterocycles. The fourth-order valence-corrected chi connectivity index (χ4v) is 6.62. The maximum absolute atomic E-state index is 6.05. The van der Waals surface area contributed by atoms with Crippen LogP contribution in [-0.4, -0.2) is 14.8 Å². The molecule has 0 fully saturated rings. The van der Waals surface area contributed by atoms with Gasteiger partial charge in [0.2, 0.25) is 11.8 Å². The lowest BCUT2D eigenvalue weighted by Crippen LogP contribution is -2.10. The fourth-order valence-electron chi connectivity index (χ4n) is 6.62. The number of rotatable bonds is 7. The quantitative estimate of drug-likeness (QED) is 0.176. The van der Waals surface area contributed by atoms with Crippen LogP contribution < -0.4 is 4.90 Å². The summed E-state index contributed by atoms with van der Waals surface area (Å²) in [5.74, 6) is 0.989. The van der Waals surface area contributed by atoms with Crippen LogP contribution in [0.5, 0.6) is 0 Å². The Morgan fingerprint density at radius 3 is 1.29 bits per heavy atom. The first-order chi connectivity index (χ1) is 24.3. The number of hydrogen-bond acceptors (Lipinski definition) is 4. The van der Waals surface area contributed by atoms with E-state index in [-0.39, 0.29) is 0 Å². The van der Waals surface area contributed by atoms with Crippen molar-refractivity contribution in [2.24, 2.45) is 0 Å². The molecule has 0 aliphatic rings. The van der Waals surface area contributed by atoms with E-state index in [0.29, 0.717) is 11.8 Å². The molecule has 0 bridgehead atoms. The summed E-state index contributed by atoms with van der Waals surface area (Å²) in [6, 6.07) is 63.3. The van der Waals surface area contributed by atoms with Gasteiger partial charge >= 0.3 is 0 Å². The first kappa shape index (κ1) is 28.5. The maximum Gasteiger partial charge on any atom is 0.248 e. The molecule has 0 aliphatic heterocycles. The van der Waals surface area contributed by atoms with Crippen LogP contribution in [0.1, 0.15) is 0 Å². The molecule has 0 saturated carbocycles. The highest BCUT2D eigenvalue weighted by Gasteiger charge is 2.17. The molecule has 0 atom stereocenters. The molecule has 0 radical (unpaired) electrons. The van der Waals surface area contributed by atoms with Gasteiger partial charge in [-0.2, -0.15) is 0 Å². The van der Waals surface area contributed by atoms with Crippen LogP contribution in [0.25, 0.3) is 61.5 Å². The third kappa shape index (κ3) is 5.24. The SMILES string of the molecule is c1ccc(-c2ccc(N(c3ccc(-c4nnc(-c5ccccc5)o4)cc3)c3ccc(-n4c5ccccc5c5ccccc54)cc3)cc2)cc1. The van der Waals surface area contributed by atoms with Crippen LogP contribution in [0.2, 0.25) is 0 Å². The second kappa shape index (κ2) is 12.1. The van der Waals surface area contributed by atoms with E-state index in [0.717, 1.165) is 33.9 Å². The van der Waals surface area contributed by atoms with Crippen LogP contribution in [0.15, 0.2) is 186 Å². The predicted octanol–water partition coefficient (Wildman–Crippen LogP) is 11.6. The first-order valence-electron chi connectivity index (χ1n) is 16.3. The van der Waals surface area contributed by atoms with E-state index in [2.05, 4.69) is 153 Å². The van der Waals surface area contributed by atoms with E-state index in [4.69, 9.17) is 4.42 Å². The monoisotopic (exact) mass is 630 g/mol. The number of nitrogens with zero attached hydrogens (tertiary/aromatic N) is 4. The summed E-state index contributed by atoms with van der Waals surface area (Å²) in [7, 11) is 0. The highest BCUT2D eigenvalue weighted by Crippen LogP contribution is 2.38. The zero-order valence-corrected chi connectivity index (χ0v) is 26.5. The fraction of sp³-hybridized carbons (Fsp3) is 0. The standard InChI is InChI=1S/C44H30N4O/c1-3-11-31(12-4-1)32-19-23-35(24-20-32)47(36-25-21-34(22-26-36)44-46-45-43(49-44)33-13-5-2-6-14-33)37-27-29-38(30-28-37)48-41-17-9-7-15-39(41)40-16-8-10-18-42(40)48/h1-30H. The molecule has 9 rings (SSSR count). The van der Waals surface area contributed by atoms with Crippen molar-refractivity contribution in [3.05, 3.63) is 182 Å². The van der Waals surface area contributed by atoms with Crippen molar-refractivity contribution < 1.29 is 4.42 Å². The van der Waals surface area contributed by atoms with Gasteiger partial charge in [-0.1, -0.05) is 97.1 Å². The van der Waals surface area contributed by atoms with Gasteiger partial charge in [0.05, 0.1) is 11.0 Å². The van der Waals surface area contributed by atoms with Crippen molar-refractivity contribution in [1.82, 2.24) is 14.8 Å². The number of aromatic nitrogens is 3. The molecule has 0 N–H and O–H groups in total. The van der Waals surface area contributed by atoms with Crippen LogP contribution in [0, 0.1) is 0 Å². The Bertz CT molecular complexity index is 2460. The Morgan fingerprint density at radius 1 is 0.367 bits per heavy atom. The Balaban J connectivity index is 1.10. The van der Waals surface area contributed by atoms with E-state index in [9.17, 15) is 0 Å². The summed E-state index contributed by atoms with van der Waals surface area (Å²) in [5, 5.41) is 11.1. The van der Waals surface area contributed by atoms with E-state index in [1.165, 1.54) is 32.9 Å². The summed E-state index contributed by atoms with van der Waals surface area (Å²) in [6.45, 7) is 0. The Kier molecular flexibility index (Phi) is 7.06. The first-order valence-corrected chi connectivity index (χ1v) is 16.3. The van der Waals surface area contributed by atoms with E-state index in [1.807, 2.05) is 48.5 Å². The lowest BCUT2D eigenvalue weighted by Gasteiger charge is -2.26. The molecular formula is C44H30N4O. The minimum absolute atomic E-state index is 0.486. The molecule has 0 saturated heterocycles. The molecule has 9 aromatic rings. The van der Waals surface area contributed by atoms with Crippen molar-refractivity contribution >= 4 is 38.9 Å². The lowest BCUT2D eigenvalue weighted by atomic mass is 10.0. The largest absolute Gasteiger partial charge is 0.416 e. The summed E-state index contributed by atoms with van der Waals surface area (Å²) in [5.41, 5.74) is 10.7. The predicted molar refractivity (Wildman–Crippen MR) is 200 cm³/mol. The molecule has 0 unspecified atom stereocenters. The number of hydrogen-bond donors (Lipinski definition) is 0. The van der Waals surface area contributed by atoms with Crippen LogP contribution >= 0.6 is 0 Å². The van der Waals surface area contributed by atoms with Crippen LogP contribution in [-0.2, 0) is 0 Å². The van der Waals surface area contributed by atoms with Crippen molar-refractivity contribution in [3.8, 4) is 39.7 Å². The second-order valence-electron chi connectivity index (χ2n) is 12.0. The third-order valence-corrected chi connectivity index (χ3v) is 9.00. The van der Waals surface area contributed by atoms with E-state index < -0.39 is 0 Å². The van der Waals surface area contributed by atoms with Gasteiger partial charge in [0, 0.05) is 44.6 Å². The topological polar surface area (TPSA) is 47.1 Å². The second-order valence-corrected chi connectivity index (χ2v) is 12.0. The van der Waals surface area contributed by atoms with Crippen molar-refractivity contribution in [2.75, 3.05) is 4.90 Å². The molecular weight excluding hydrogens is 601 g/mol. The summed E-state index contributed by atoms with van der Waals surface area (Å²) < 4.78 is 8.40. The highest BCUT2D eigenvalue weighted by molar-refractivity contribution is 6.09. The zero-order valence-electron chi connectivity index (χ0n) is 26.5. The minimum Gasteiger partial charge on any atom is -0.416 e. The van der Waals surface area contributed by atoms with Crippen LogP contribution in [0.4, 0.5) is 17.1 Å². The Morgan fingerprint density at radius 2 is 0.755 bits per heavy atom. The van der Waals surface area contributed by atoms with Gasteiger partial charge in [-0.05, 0) is 96.1 Å². The minimum atomic E-state index is 0.486. The average Bonchev–Trinajstić information content (AvgIpc) is 3.81. The third-order valence-electron chi connectivity index (χ3n) is 9.00. The summed E-state index contributed by atoms with van der Waals surface area (Å²) in [4.78, 5) is 2.28. The summed E-state index contributed by atoms with van der Waals surface area (Å²) in [6.07, 6.45) is 0. The van der Waals surface area contributed by atoms with E-state index >= 15 is 0 Å². The van der Waals surface area contributed by atoms with Crippen molar-refractivity contribution in [3.63, 3.8) is 0 Å². The van der Waals surface area contributed by atoms with Gasteiger partial charge in [0.15, 0.2) is 0 Å². The zero-order chi connectivity index (χ0) is 32.6. The van der Waals surface area contributed by atoms with Gasteiger partial charge < -0.3 is 13.9 Å². The Labute approximate surface area is 284 Å². The number of fused-ring (bicyclic) bond motifs is 3. The molecule has 49 heavy (non-hydrogen) atoms. The lowest BCUT2D eigenvalue weighted by molar-refractivity contribution is 0.584. The average molecular weight is 631 g/mol. The summed E-state index contributed by atoms with van der Waals surface area (Å²) >= 11 is 0. The highest BCUT2D eigenvalue weighted by atomic mass is 16.4. The van der Waals surface area contributed by atoms with Gasteiger partial charge in [0.25, 0.3) is 0 Å². The molecule has 0 amide bonds. The number of benzene rings is 7. The molecule has 232 valence electrons. The van der Waals surface area contributed by atoms with Gasteiger partial charge in [0.1, 0.15) is 0 Å². The molecule has 2 aromatic heterocycles. The van der Waals surface area contributed by atoms with Gasteiger partial charge in [-0.15, -0.1) is 10.2 Å². The van der Waals surface area contributed by atoms with Gasteiger partial charge in [-0.25, -0.2) is 0 Å². The number of anilines is 3. The van der Waals surface area contributed by atoms with Crippen LogP contribution in [0.3, 0.4) is 0 Å².